The number of carbonyl (C=O) groups excluding carboxylic acids is 2. The Morgan fingerprint density at radius 2 is 2.15 bits per heavy atom. The van der Waals surface area contributed by atoms with Crippen LogP contribution in [0.5, 0.6) is 0 Å². The number of fused-ring (bicyclic) bond motifs is 1. The molecule has 0 spiro atoms. The summed E-state index contributed by atoms with van der Waals surface area (Å²) in [6.45, 7) is 2.54. The second kappa shape index (κ2) is 13.4. The molecule has 3 unspecified atom stereocenters. The van der Waals surface area contributed by atoms with E-state index in [0.717, 1.165) is 58.0 Å². The van der Waals surface area contributed by atoms with Crippen molar-refractivity contribution in [2.24, 2.45) is 17.8 Å². The number of ketones is 1. The van der Waals surface area contributed by atoms with Crippen LogP contribution < -0.4 is 0 Å². The molecule has 0 N–H and O–H groups in total. The fourth-order valence-corrected chi connectivity index (χ4v) is 5.52. The first-order valence-electron chi connectivity index (χ1n) is 12.3. The first-order chi connectivity index (χ1) is 16.0. The largest absolute Gasteiger partial charge is 0.469 e. The van der Waals surface area contributed by atoms with Gasteiger partial charge in [0, 0.05) is 25.4 Å². The van der Waals surface area contributed by atoms with E-state index in [1.165, 1.54) is 12.7 Å². The molecule has 33 heavy (non-hydrogen) atoms. The van der Waals surface area contributed by atoms with E-state index in [-0.39, 0.29) is 35.3 Å². The van der Waals surface area contributed by atoms with Crippen LogP contribution in [0.1, 0.15) is 71.1 Å². The molecule has 0 bridgehead atoms. The summed E-state index contributed by atoms with van der Waals surface area (Å²) in [5, 5.41) is -0.388. The van der Waals surface area contributed by atoms with Gasteiger partial charge in [-0.05, 0) is 76.2 Å². The van der Waals surface area contributed by atoms with E-state index in [1.54, 1.807) is 13.0 Å². The first kappa shape index (κ1) is 26.1. The van der Waals surface area contributed by atoms with Gasteiger partial charge in [-0.15, -0.1) is 11.8 Å². The highest BCUT2D eigenvalue weighted by Crippen LogP contribution is 2.52. The second-order valence-corrected chi connectivity index (χ2v) is 9.98. The highest BCUT2D eigenvalue weighted by atomic mass is 32.1. The summed E-state index contributed by atoms with van der Waals surface area (Å²) in [6, 6.07) is 0. The second-order valence-electron chi connectivity index (χ2n) is 9.35. The topological polar surface area (TPSA) is 61.8 Å². The van der Waals surface area contributed by atoms with E-state index in [4.69, 9.17) is 14.2 Å². The van der Waals surface area contributed by atoms with Crippen LogP contribution in [0.25, 0.3) is 0 Å². The van der Waals surface area contributed by atoms with Crippen molar-refractivity contribution in [3.8, 4) is 11.8 Å². The van der Waals surface area contributed by atoms with Gasteiger partial charge in [0.05, 0.1) is 18.5 Å². The predicted octanol–water partition coefficient (Wildman–Crippen LogP) is 5.05. The molecule has 182 valence electrons. The fraction of sp³-hybridized carbons (Fsp3) is 0.704. The van der Waals surface area contributed by atoms with E-state index in [0.29, 0.717) is 24.7 Å². The number of hydrogen-bond acceptors (Lipinski definition) is 6. The van der Waals surface area contributed by atoms with Crippen LogP contribution in [-0.4, -0.2) is 43.1 Å². The van der Waals surface area contributed by atoms with Crippen molar-refractivity contribution < 1.29 is 23.8 Å². The summed E-state index contributed by atoms with van der Waals surface area (Å²) in [7, 11) is 1.43. The highest BCUT2D eigenvalue weighted by molar-refractivity contribution is 7.81. The monoisotopic (exact) mass is 474 g/mol. The molecule has 0 aromatic carbocycles. The van der Waals surface area contributed by atoms with E-state index in [1.807, 2.05) is 0 Å². The minimum absolute atomic E-state index is 0.00812. The van der Waals surface area contributed by atoms with Gasteiger partial charge in [-0.25, -0.2) is 0 Å². The average molecular weight is 475 g/mol. The molecule has 0 amide bonds. The van der Waals surface area contributed by atoms with Crippen LogP contribution in [-0.2, 0) is 23.8 Å². The Balaban J connectivity index is 1.63. The summed E-state index contributed by atoms with van der Waals surface area (Å²) >= 11 is 4.43. The Morgan fingerprint density at radius 1 is 1.30 bits per heavy atom. The molecular weight excluding hydrogens is 436 g/mol. The van der Waals surface area contributed by atoms with Gasteiger partial charge in [0.15, 0.2) is 12.1 Å². The van der Waals surface area contributed by atoms with Crippen LogP contribution in [0.3, 0.4) is 0 Å². The fourth-order valence-electron chi connectivity index (χ4n) is 5.34. The van der Waals surface area contributed by atoms with E-state index >= 15 is 0 Å². The van der Waals surface area contributed by atoms with Crippen molar-refractivity contribution in [3.05, 3.63) is 23.8 Å². The molecule has 3 rings (SSSR count). The molecule has 6 atom stereocenters. The summed E-state index contributed by atoms with van der Waals surface area (Å²) in [6.07, 6.45) is 15.0. The number of carbonyl (C=O) groups is 2. The van der Waals surface area contributed by atoms with Crippen molar-refractivity contribution in [2.45, 2.75) is 88.8 Å². The lowest BCUT2D eigenvalue weighted by atomic mass is 9.90. The Hall–Kier alpha value is -1.55. The van der Waals surface area contributed by atoms with E-state index in [9.17, 15) is 9.59 Å². The number of rotatable bonds is 10. The van der Waals surface area contributed by atoms with Gasteiger partial charge in [0.25, 0.3) is 0 Å². The molecule has 2 saturated carbocycles. The zero-order valence-corrected chi connectivity index (χ0v) is 20.9. The molecule has 3 aliphatic rings. The van der Waals surface area contributed by atoms with Crippen LogP contribution in [0.2, 0.25) is 0 Å². The van der Waals surface area contributed by atoms with Gasteiger partial charge in [0.1, 0.15) is 0 Å². The minimum atomic E-state index is -0.388. The van der Waals surface area contributed by atoms with E-state index in [2.05, 4.69) is 36.6 Å². The van der Waals surface area contributed by atoms with Crippen molar-refractivity contribution in [2.75, 3.05) is 13.7 Å². The average Bonchev–Trinajstić information content (AvgIpc) is 3.36. The van der Waals surface area contributed by atoms with Gasteiger partial charge in [0.2, 0.25) is 0 Å². The minimum Gasteiger partial charge on any atom is -0.469 e. The maximum absolute atomic E-state index is 12.6. The molecule has 1 saturated heterocycles. The number of methoxy groups -OCH3 is 1. The van der Waals surface area contributed by atoms with Crippen molar-refractivity contribution in [1.82, 2.24) is 0 Å². The molecule has 1 aliphatic heterocycles. The zero-order chi connectivity index (χ0) is 23.6. The first-order valence-corrected chi connectivity index (χ1v) is 12.8. The molecule has 0 radical (unpaired) electrons. The van der Waals surface area contributed by atoms with Crippen molar-refractivity contribution >= 4 is 24.4 Å². The number of hydrogen-bond donors (Lipinski definition) is 1. The Kier molecular flexibility index (Phi) is 10.6. The van der Waals surface area contributed by atoms with E-state index < -0.39 is 0 Å². The summed E-state index contributed by atoms with van der Waals surface area (Å²) in [4.78, 5) is 23.9. The molecule has 0 aromatic heterocycles. The number of allylic oxidation sites excluding steroid dienone is 3. The highest BCUT2D eigenvalue weighted by Gasteiger charge is 2.47. The summed E-state index contributed by atoms with van der Waals surface area (Å²) in [5.74, 6) is 6.86. The number of thiol groups is 1. The van der Waals surface area contributed by atoms with Crippen molar-refractivity contribution in [3.63, 3.8) is 0 Å². The lowest BCUT2D eigenvalue weighted by Crippen LogP contribution is -2.30. The maximum atomic E-state index is 12.6. The Labute approximate surface area is 204 Å². The van der Waals surface area contributed by atoms with Crippen LogP contribution in [0, 0.1) is 29.6 Å². The lowest BCUT2D eigenvalue weighted by molar-refractivity contribution is -0.193. The summed E-state index contributed by atoms with van der Waals surface area (Å²) < 4.78 is 17.0. The molecule has 1 heterocycles. The maximum Gasteiger partial charge on any atom is 0.305 e. The lowest BCUT2D eigenvalue weighted by Gasteiger charge is -2.29. The van der Waals surface area contributed by atoms with Gasteiger partial charge in [-0.3, -0.25) is 9.59 Å². The Morgan fingerprint density at radius 3 is 2.88 bits per heavy atom. The van der Waals surface area contributed by atoms with Crippen LogP contribution in [0.15, 0.2) is 23.8 Å². The zero-order valence-electron chi connectivity index (χ0n) is 20.0. The molecular formula is C27H38O5S. The predicted molar refractivity (Wildman–Crippen MR) is 132 cm³/mol. The molecule has 3 fully saturated rings. The third-order valence-electron chi connectivity index (χ3n) is 7.08. The normalized spacial score (nSPS) is 31.2. The quantitative estimate of drug-likeness (QED) is 0.120. The third-order valence-corrected chi connectivity index (χ3v) is 7.52. The van der Waals surface area contributed by atoms with Gasteiger partial charge in [-0.2, -0.15) is 12.6 Å². The van der Waals surface area contributed by atoms with Crippen molar-refractivity contribution in [1.29, 1.82) is 0 Å². The molecule has 6 heteroatoms. The number of unbranched alkanes of at least 4 members (excludes halogenated alkanes) is 1. The molecule has 0 aromatic rings. The van der Waals surface area contributed by atoms with Gasteiger partial charge in [-0.1, -0.05) is 17.7 Å². The SMILES string of the molecule is CC#CCC(S)C(=O)/C=C/[C@H]1[C@H](OC2CCCCO2)CC2C/C(=C\CCCC(=O)OC)C[C@@H]21. The van der Waals surface area contributed by atoms with Crippen LogP contribution in [0.4, 0.5) is 0 Å². The van der Waals surface area contributed by atoms with Crippen LogP contribution >= 0.6 is 12.6 Å². The molecule has 2 aliphatic carbocycles. The smallest absolute Gasteiger partial charge is 0.305 e. The third kappa shape index (κ3) is 7.73. The van der Waals surface area contributed by atoms with Gasteiger partial charge >= 0.3 is 5.97 Å². The summed E-state index contributed by atoms with van der Waals surface area (Å²) in [5.41, 5.74) is 1.47. The number of ether oxygens (including phenoxy) is 3. The standard InChI is InChI=1S/C27H38O5S/c1-3-4-10-25(33)23(28)14-13-21-22-17-19(9-5-6-11-26(29)30-2)16-20(22)18-24(21)32-27-12-7-8-15-31-27/h9,13-14,20-22,24-25,27,33H,5-8,10-12,15-18H2,1-2H3/b14-13+,19-9+/t20?,21-,22+,24-,25?,27?/m1/s1. The number of esters is 1. The molecule has 5 nitrogen and oxygen atoms in total. The Bertz CT molecular complexity index is 786. The van der Waals surface area contributed by atoms with Gasteiger partial charge < -0.3 is 14.2 Å².